The van der Waals surface area contributed by atoms with Crippen molar-refractivity contribution in [1.82, 2.24) is 0 Å². The number of nitriles is 1. The predicted octanol–water partition coefficient (Wildman–Crippen LogP) is 4.91. The molecule has 4 aliphatic carbocycles. The molecule has 29 heavy (non-hydrogen) atoms. The topological polar surface area (TPSA) is 79.2 Å². The molecule has 0 spiro atoms. The molecule has 0 unspecified atom stereocenters. The van der Waals surface area contributed by atoms with Gasteiger partial charge < -0.3 is 10.1 Å². The molecule has 1 amide bonds. The summed E-state index contributed by atoms with van der Waals surface area (Å²) in [5.41, 5.74) is 0.679. The molecule has 7 heteroatoms. The Bertz CT molecular complexity index is 839. The van der Waals surface area contributed by atoms with E-state index in [0.29, 0.717) is 29.7 Å². The smallest absolute Gasteiger partial charge is 0.306 e. The second-order valence-corrected chi connectivity index (χ2v) is 11.6. The van der Waals surface area contributed by atoms with Gasteiger partial charge in [0.15, 0.2) is 6.61 Å². The van der Waals surface area contributed by atoms with Gasteiger partial charge in [-0.15, -0.1) is 11.8 Å². The number of alkyl halides is 1. The van der Waals surface area contributed by atoms with Gasteiger partial charge in [-0.2, -0.15) is 5.26 Å². The Morgan fingerprint density at radius 2 is 1.97 bits per heavy atom. The number of carbonyl (C=O) groups excluding carboxylic acids is 2. The van der Waals surface area contributed by atoms with E-state index >= 15 is 0 Å². The van der Waals surface area contributed by atoms with Crippen molar-refractivity contribution in [2.24, 2.45) is 17.3 Å². The summed E-state index contributed by atoms with van der Waals surface area (Å²) in [5.74, 6) is 1.11. The molecule has 2 atom stereocenters. The van der Waals surface area contributed by atoms with Crippen LogP contribution in [0.4, 0.5) is 5.69 Å². The third kappa shape index (κ3) is 4.80. The summed E-state index contributed by atoms with van der Waals surface area (Å²) in [6.07, 6.45) is 7.43. The Morgan fingerprint density at radius 3 is 2.66 bits per heavy atom. The number of hydrogen-bond donors (Lipinski definition) is 1. The SMILES string of the molecule is N#CCSc1ccccc1NC(=O)COC(=O)CC12C[C@@H]3C[C@H](CC(Br)(C3)C1)C2. The fourth-order valence-corrected chi connectivity index (χ4v) is 8.22. The average molecular weight is 477 g/mol. The second-order valence-electron chi connectivity index (χ2n) is 8.94. The highest BCUT2D eigenvalue weighted by atomic mass is 79.9. The van der Waals surface area contributed by atoms with Crippen molar-refractivity contribution in [2.45, 2.75) is 54.2 Å². The van der Waals surface area contributed by atoms with Crippen LogP contribution in [0.2, 0.25) is 0 Å². The van der Waals surface area contributed by atoms with Gasteiger partial charge in [0.25, 0.3) is 5.91 Å². The molecule has 0 radical (unpaired) electrons. The van der Waals surface area contributed by atoms with Crippen LogP contribution >= 0.6 is 27.7 Å². The van der Waals surface area contributed by atoms with Gasteiger partial charge in [-0.05, 0) is 67.9 Å². The minimum absolute atomic E-state index is 0.0433. The lowest BCUT2D eigenvalue weighted by atomic mass is 9.49. The first-order chi connectivity index (χ1) is 13.9. The Balaban J connectivity index is 1.29. The van der Waals surface area contributed by atoms with Crippen molar-refractivity contribution < 1.29 is 14.3 Å². The first kappa shape index (κ1) is 20.7. The van der Waals surface area contributed by atoms with Crippen LogP contribution in [0.5, 0.6) is 0 Å². The molecule has 4 fully saturated rings. The van der Waals surface area contributed by atoms with E-state index < -0.39 is 0 Å². The van der Waals surface area contributed by atoms with Crippen molar-refractivity contribution in [3.05, 3.63) is 24.3 Å². The Hall–Kier alpha value is -1.52. The highest BCUT2D eigenvalue weighted by Crippen LogP contribution is 2.65. The molecule has 1 N–H and O–H groups in total. The zero-order valence-electron chi connectivity index (χ0n) is 16.3. The van der Waals surface area contributed by atoms with Crippen LogP contribution in [-0.2, 0) is 14.3 Å². The fourth-order valence-electron chi connectivity index (χ4n) is 6.04. The van der Waals surface area contributed by atoms with Gasteiger partial charge in [-0.3, -0.25) is 9.59 Å². The Labute approximate surface area is 184 Å². The highest BCUT2D eigenvalue weighted by Gasteiger charge is 2.57. The Kier molecular flexibility index (Phi) is 5.94. The van der Waals surface area contributed by atoms with Crippen molar-refractivity contribution in [3.8, 4) is 6.07 Å². The number of para-hydroxylation sites is 1. The molecule has 0 aromatic heterocycles. The molecular weight excluding hydrogens is 452 g/mol. The molecule has 0 saturated heterocycles. The minimum Gasteiger partial charge on any atom is -0.456 e. The van der Waals surface area contributed by atoms with Crippen LogP contribution in [0.15, 0.2) is 29.2 Å². The first-order valence-electron chi connectivity index (χ1n) is 10.1. The van der Waals surface area contributed by atoms with Crippen molar-refractivity contribution in [3.63, 3.8) is 0 Å². The third-order valence-corrected chi connectivity index (χ3v) is 8.32. The van der Waals surface area contributed by atoms with Crippen LogP contribution in [0.1, 0.15) is 44.9 Å². The van der Waals surface area contributed by atoms with Gasteiger partial charge in [0.05, 0.1) is 23.9 Å². The van der Waals surface area contributed by atoms with Gasteiger partial charge >= 0.3 is 5.97 Å². The summed E-state index contributed by atoms with van der Waals surface area (Å²) in [5, 5.41) is 11.5. The maximum absolute atomic E-state index is 12.5. The van der Waals surface area contributed by atoms with Crippen molar-refractivity contribution in [1.29, 1.82) is 5.26 Å². The Morgan fingerprint density at radius 1 is 1.24 bits per heavy atom. The maximum Gasteiger partial charge on any atom is 0.306 e. The predicted molar refractivity (Wildman–Crippen MR) is 116 cm³/mol. The summed E-state index contributed by atoms with van der Waals surface area (Å²) in [6.45, 7) is -0.279. The number of rotatable bonds is 7. The van der Waals surface area contributed by atoms with E-state index in [1.807, 2.05) is 18.2 Å². The maximum atomic E-state index is 12.5. The standard InChI is InChI=1S/C22H25BrN2O3S/c23-22-10-15-7-16(11-22)9-21(8-15,14-22)12-20(27)28-13-19(26)25-17-3-1-2-4-18(17)29-6-5-24/h1-4,15-16H,6-14H2,(H,25,26)/t15-,16-,21?,22?/m0/s1. The summed E-state index contributed by atoms with van der Waals surface area (Å²) in [7, 11) is 0. The number of nitrogens with one attached hydrogen (secondary N) is 1. The van der Waals surface area contributed by atoms with E-state index in [1.165, 1.54) is 31.0 Å². The molecule has 1 aromatic rings. The molecule has 0 heterocycles. The first-order valence-corrected chi connectivity index (χ1v) is 11.9. The lowest BCUT2D eigenvalue weighted by Crippen LogP contribution is -2.53. The lowest BCUT2D eigenvalue weighted by molar-refractivity contribution is -0.153. The molecule has 4 aliphatic rings. The van der Waals surface area contributed by atoms with Crippen LogP contribution in [0.3, 0.4) is 0 Å². The fraction of sp³-hybridized carbons (Fsp3) is 0.591. The van der Waals surface area contributed by atoms with Crippen LogP contribution in [-0.4, -0.2) is 28.6 Å². The van der Waals surface area contributed by atoms with Crippen LogP contribution < -0.4 is 5.32 Å². The van der Waals surface area contributed by atoms with Crippen LogP contribution in [0.25, 0.3) is 0 Å². The van der Waals surface area contributed by atoms with Crippen molar-refractivity contribution in [2.75, 3.05) is 17.7 Å². The number of anilines is 1. The molecular formula is C22H25BrN2O3S. The highest BCUT2D eigenvalue weighted by molar-refractivity contribution is 9.10. The molecule has 4 bridgehead atoms. The average Bonchev–Trinajstić information content (AvgIpc) is 2.63. The van der Waals surface area contributed by atoms with Gasteiger partial charge in [0.1, 0.15) is 0 Å². The van der Waals surface area contributed by atoms with E-state index in [2.05, 4.69) is 27.3 Å². The molecule has 154 valence electrons. The summed E-state index contributed by atoms with van der Waals surface area (Å²) in [6, 6.07) is 9.39. The van der Waals surface area contributed by atoms with E-state index in [9.17, 15) is 9.59 Å². The molecule has 4 saturated carbocycles. The summed E-state index contributed by atoms with van der Waals surface area (Å²) in [4.78, 5) is 25.7. The van der Waals surface area contributed by atoms with Crippen LogP contribution in [0, 0.1) is 28.6 Å². The van der Waals surface area contributed by atoms with E-state index in [-0.39, 0.29) is 28.2 Å². The van der Waals surface area contributed by atoms with Gasteiger partial charge in [-0.25, -0.2) is 0 Å². The molecule has 0 aliphatic heterocycles. The number of nitrogens with zero attached hydrogens (tertiary/aromatic N) is 1. The zero-order valence-corrected chi connectivity index (χ0v) is 18.7. The van der Waals surface area contributed by atoms with E-state index in [4.69, 9.17) is 10.00 Å². The second kappa shape index (κ2) is 8.31. The number of ether oxygens (including phenoxy) is 1. The van der Waals surface area contributed by atoms with E-state index in [1.54, 1.807) is 6.07 Å². The third-order valence-electron chi connectivity index (χ3n) is 6.45. The number of carbonyl (C=O) groups is 2. The normalized spacial score (nSPS) is 31.9. The molecule has 5 rings (SSSR count). The summed E-state index contributed by atoms with van der Waals surface area (Å²) < 4.78 is 5.55. The summed E-state index contributed by atoms with van der Waals surface area (Å²) >= 11 is 5.33. The van der Waals surface area contributed by atoms with Gasteiger partial charge in [0.2, 0.25) is 0 Å². The number of benzene rings is 1. The number of hydrogen-bond acceptors (Lipinski definition) is 5. The number of amides is 1. The van der Waals surface area contributed by atoms with Gasteiger partial charge in [-0.1, -0.05) is 28.1 Å². The monoisotopic (exact) mass is 476 g/mol. The number of thioether (sulfide) groups is 1. The van der Waals surface area contributed by atoms with Crippen molar-refractivity contribution >= 4 is 45.3 Å². The number of halogens is 1. The minimum atomic E-state index is -0.356. The quantitative estimate of drug-likeness (QED) is 0.343. The lowest BCUT2D eigenvalue weighted by Gasteiger charge is -2.60. The molecule has 1 aromatic carbocycles. The molecule has 5 nitrogen and oxygen atoms in total. The van der Waals surface area contributed by atoms with E-state index in [0.717, 1.165) is 24.2 Å². The largest absolute Gasteiger partial charge is 0.456 e. The number of esters is 1. The zero-order chi connectivity index (χ0) is 20.5. The van der Waals surface area contributed by atoms with Gasteiger partial charge in [0, 0.05) is 9.22 Å².